The quantitative estimate of drug-likeness (QED) is 0.610. The molecular weight excluding hydrogens is 149 g/mol. The van der Waals surface area contributed by atoms with Crippen molar-refractivity contribution in [1.29, 1.82) is 0 Å². The van der Waals surface area contributed by atoms with Gasteiger partial charge in [0.1, 0.15) is 7.85 Å². The van der Waals surface area contributed by atoms with E-state index >= 15 is 0 Å². The van der Waals surface area contributed by atoms with Crippen LogP contribution < -0.4 is 5.73 Å². The summed E-state index contributed by atoms with van der Waals surface area (Å²) >= 11 is 0. The van der Waals surface area contributed by atoms with Gasteiger partial charge in [-0.05, 0) is 5.56 Å². The molecule has 1 aromatic rings. The number of nitrogens with two attached hydrogens (primary N) is 1. The van der Waals surface area contributed by atoms with Gasteiger partial charge < -0.3 is 5.73 Å². The van der Waals surface area contributed by atoms with Crippen molar-refractivity contribution in [2.24, 2.45) is 5.73 Å². The van der Waals surface area contributed by atoms with E-state index in [4.69, 9.17) is 5.73 Å². The molecule has 0 aromatic heterocycles. The summed E-state index contributed by atoms with van der Waals surface area (Å²) in [4.78, 5) is 11.0. The van der Waals surface area contributed by atoms with Crippen molar-refractivity contribution in [1.82, 2.24) is 0 Å². The predicted octanol–water partition coefficient (Wildman–Crippen LogP) is 0.0202. The molecule has 3 heteroatoms. The molecule has 62 valence electrons. The smallest absolute Gasteiger partial charge is 0.219 e. The molecule has 0 fully saturated rings. The summed E-state index contributed by atoms with van der Waals surface area (Å²) in [5.41, 5.74) is 6.22. The van der Waals surface area contributed by atoms with E-state index in [1.165, 1.54) is 0 Å². The molecule has 2 N–H and O–H groups in total. The van der Waals surface area contributed by atoms with Gasteiger partial charge in [-0.2, -0.15) is 0 Å². The van der Waals surface area contributed by atoms with Crippen LogP contribution in [0.4, 0.5) is 0 Å². The van der Waals surface area contributed by atoms with E-state index in [-0.39, 0.29) is 5.91 Å². The van der Waals surface area contributed by atoms with E-state index in [9.17, 15) is 4.79 Å². The fourth-order valence-corrected chi connectivity index (χ4v) is 0.997. The van der Waals surface area contributed by atoms with E-state index in [0.717, 1.165) is 5.56 Å². The van der Waals surface area contributed by atoms with E-state index in [1.54, 1.807) is 0 Å². The maximum Gasteiger partial charge on any atom is 0.219 e. The van der Waals surface area contributed by atoms with Crippen molar-refractivity contribution in [3.63, 3.8) is 0 Å². The molecule has 0 aliphatic heterocycles. The number of hydrogen-bond donors (Lipinski definition) is 1. The second kappa shape index (κ2) is 3.01. The van der Waals surface area contributed by atoms with Gasteiger partial charge in [0.25, 0.3) is 0 Å². The zero-order valence-electron chi connectivity index (χ0n) is 7.37. The van der Waals surface area contributed by atoms with Crippen LogP contribution in [0.1, 0.15) is 12.5 Å². The maximum absolute atomic E-state index is 11.0. The molecule has 0 saturated carbocycles. The van der Waals surface area contributed by atoms with Crippen LogP contribution in [-0.4, -0.2) is 13.8 Å². The molecule has 2 nitrogen and oxygen atoms in total. The molecule has 1 amide bonds. The molecule has 1 aromatic carbocycles. The predicted molar refractivity (Wildman–Crippen MR) is 51.5 cm³/mol. The Hall–Kier alpha value is -1.25. The van der Waals surface area contributed by atoms with E-state index in [1.807, 2.05) is 45.1 Å². The Kier molecular flexibility index (Phi) is 2.22. The van der Waals surface area contributed by atoms with Crippen LogP contribution in [0.15, 0.2) is 30.3 Å². The number of carbonyl (C=O) groups is 1. The van der Waals surface area contributed by atoms with Gasteiger partial charge in [0.15, 0.2) is 0 Å². The van der Waals surface area contributed by atoms with E-state index in [0.29, 0.717) is 0 Å². The van der Waals surface area contributed by atoms with Crippen molar-refractivity contribution in [2.45, 2.75) is 12.2 Å². The SMILES string of the molecule is BC(C)(C(N)=O)c1ccccc1. The highest BCUT2D eigenvalue weighted by molar-refractivity contribution is 6.28. The number of benzene rings is 1. The highest BCUT2D eigenvalue weighted by Crippen LogP contribution is 2.18. The van der Waals surface area contributed by atoms with Crippen molar-refractivity contribution < 1.29 is 4.79 Å². The van der Waals surface area contributed by atoms with E-state index in [2.05, 4.69) is 0 Å². The molecule has 1 atom stereocenters. The average Bonchev–Trinajstić information content (AvgIpc) is 2.06. The molecule has 0 saturated heterocycles. The molecule has 0 radical (unpaired) electrons. The third-order valence-corrected chi connectivity index (χ3v) is 2.11. The minimum Gasteiger partial charge on any atom is -0.370 e. The monoisotopic (exact) mass is 161 g/mol. The van der Waals surface area contributed by atoms with Gasteiger partial charge in [0, 0.05) is 5.31 Å². The number of hydrogen-bond acceptors (Lipinski definition) is 1. The number of primary amides is 1. The van der Waals surface area contributed by atoms with Crippen LogP contribution in [-0.2, 0) is 10.1 Å². The van der Waals surface area contributed by atoms with Crippen LogP contribution in [0.25, 0.3) is 0 Å². The zero-order valence-corrected chi connectivity index (χ0v) is 7.37. The van der Waals surface area contributed by atoms with Crippen molar-refractivity contribution in [2.75, 3.05) is 0 Å². The molecule has 1 rings (SSSR count). The zero-order chi connectivity index (χ0) is 9.19. The topological polar surface area (TPSA) is 43.1 Å². The molecule has 0 aliphatic carbocycles. The molecule has 0 bridgehead atoms. The minimum absolute atomic E-state index is 0.297. The van der Waals surface area contributed by atoms with Crippen LogP contribution in [0.5, 0.6) is 0 Å². The summed E-state index contributed by atoms with van der Waals surface area (Å²) in [5.74, 6) is -0.297. The summed E-state index contributed by atoms with van der Waals surface area (Å²) in [6, 6.07) is 9.54. The van der Waals surface area contributed by atoms with Crippen molar-refractivity contribution >= 4 is 13.8 Å². The Morgan fingerprint density at radius 3 is 2.33 bits per heavy atom. The third-order valence-electron chi connectivity index (χ3n) is 2.11. The molecule has 0 aliphatic rings. The fraction of sp³-hybridized carbons (Fsp3) is 0.222. The molecule has 0 spiro atoms. The van der Waals surface area contributed by atoms with Gasteiger partial charge in [-0.25, -0.2) is 0 Å². The summed E-state index contributed by atoms with van der Waals surface area (Å²) in [6.45, 7) is 1.82. The first-order chi connectivity index (χ1) is 5.55. The summed E-state index contributed by atoms with van der Waals surface area (Å²) in [6.07, 6.45) is 0. The normalized spacial score (nSPS) is 15.1. The average molecular weight is 161 g/mol. The highest BCUT2D eigenvalue weighted by atomic mass is 16.1. The number of carbonyl (C=O) groups excluding carboxylic acids is 1. The Morgan fingerprint density at radius 1 is 1.42 bits per heavy atom. The summed E-state index contributed by atoms with van der Waals surface area (Å²) in [5, 5.41) is -0.568. The van der Waals surface area contributed by atoms with Gasteiger partial charge in [0.2, 0.25) is 5.91 Å². The first-order valence-corrected chi connectivity index (χ1v) is 3.90. The second-order valence-electron chi connectivity index (χ2n) is 3.36. The Labute approximate surface area is 73.2 Å². The fourth-order valence-electron chi connectivity index (χ4n) is 0.997. The molecule has 12 heavy (non-hydrogen) atoms. The second-order valence-corrected chi connectivity index (χ2v) is 3.36. The molecule has 1 unspecified atom stereocenters. The first-order valence-electron chi connectivity index (χ1n) is 3.90. The van der Waals surface area contributed by atoms with Crippen LogP contribution in [0, 0.1) is 0 Å². The lowest BCUT2D eigenvalue weighted by Gasteiger charge is -2.20. The van der Waals surface area contributed by atoms with Gasteiger partial charge in [-0.3, -0.25) is 4.79 Å². The van der Waals surface area contributed by atoms with Crippen LogP contribution in [0.3, 0.4) is 0 Å². The standard InChI is InChI=1S/C9H12BNO/c1-9(10,8(11)12)7-5-3-2-4-6-7/h2-6H,10H2,1H3,(H2,11,12). The Balaban J connectivity index is 3.06. The van der Waals surface area contributed by atoms with Gasteiger partial charge in [-0.15, -0.1) is 0 Å². The number of amides is 1. The lowest BCUT2D eigenvalue weighted by molar-refractivity contribution is -0.120. The van der Waals surface area contributed by atoms with Gasteiger partial charge >= 0.3 is 0 Å². The number of rotatable bonds is 2. The lowest BCUT2D eigenvalue weighted by Crippen LogP contribution is -2.38. The minimum atomic E-state index is -0.568. The summed E-state index contributed by atoms with van der Waals surface area (Å²) in [7, 11) is 1.82. The highest BCUT2D eigenvalue weighted by Gasteiger charge is 2.26. The Bertz CT molecular complexity index is 282. The largest absolute Gasteiger partial charge is 0.370 e. The van der Waals surface area contributed by atoms with Gasteiger partial charge in [-0.1, -0.05) is 37.3 Å². The first kappa shape index (κ1) is 8.85. The third kappa shape index (κ3) is 1.50. The van der Waals surface area contributed by atoms with Crippen LogP contribution in [0.2, 0.25) is 0 Å². The Morgan fingerprint density at radius 2 is 1.92 bits per heavy atom. The lowest BCUT2D eigenvalue weighted by atomic mass is 9.65. The van der Waals surface area contributed by atoms with E-state index < -0.39 is 5.31 Å². The maximum atomic E-state index is 11.0. The van der Waals surface area contributed by atoms with Crippen molar-refractivity contribution in [3.05, 3.63) is 35.9 Å². The summed E-state index contributed by atoms with van der Waals surface area (Å²) < 4.78 is 0. The molecular formula is C9H12BNO. The van der Waals surface area contributed by atoms with Crippen molar-refractivity contribution in [3.8, 4) is 0 Å². The molecule has 0 heterocycles. The van der Waals surface area contributed by atoms with Crippen LogP contribution >= 0.6 is 0 Å². The van der Waals surface area contributed by atoms with Gasteiger partial charge in [0.05, 0.1) is 0 Å².